The van der Waals surface area contributed by atoms with Gasteiger partial charge in [0, 0.05) is 17.7 Å². The van der Waals surface area contributed by atoms with Crippen LogP contribution in [0, 0.1) is 0 Å². The molecule has 3 fully saturated rings. The molecule has 1 aromatic heterocycles. The predicted molar refractivity (Wildman–Crippen MR) is 119 cm³/mol. The summed E-state index contributed by atoms with van der Waals surface area (Å²) in [6.07, 6.45) is 0.621. The lowest BCUT2D eigenvalue weighted by Gasteiger charge is -2.41. The molecule has 1 aromatic carbocycles. The predicted octanol–water partition coefficient (Wildman–Crippen LogP) is 3.60. The Morgan fingerprint density at radius 3 is 2.56 bits per heavy atom. The van der Waals surface area contributed by atoms with Gasteiger partial charge in [-0.15, -0.1) is 0 Å². The van der Waals surface area contributed by atoms with Crippen molar-refractivity contribution < 1.29 is 32.0 Å². The number of amides is 3. The van der Waals surface area contributed by atoms with Gasteiger partial charge in [-0.05, 0) is 37.3 Å². The molecule has 4 atom stereocenters. The number of morpholine rings is 1. The standard InChI is InChI=1S/C24H26F3N5O4/c25-24(26,27)22-29-20(30-36-22)13-5-6-14-10-31(21(33)17(14)9-13)19-4-2-1-3-18(19)28-23(34)32-15-7-8-16(32)12-35-11-15/h5-6,9,15-16,18-19H,1-4,7-8,10-12H2,(H,28,34)/t15?,16?,18-,19-/m1/s1. The van der Waals surface area contributed by atoms with E-state index in [4.69, 9.17) is 4.74 Å². The van der Waals surface area contributed by atoms with Crippen LogP contribution in [0.3, 0.4) is 0 Å². The van der Waals surface area contributed by atoms with Crippen molar-refractivity contribution in [2.45, 2.75) is 75.4 Å². The molecule has 2 saturated heterocycles. The van der Waals surface area contributed by atoms with E-state index >= 15 is 0 Å². The van der Waals surface area contributed by atoms with Crippen LogP contribution >= 0.6 is 0 Å². The number of benzene rings is 1. The third kappa shape index (κ3) is 4.00. The normalized spacial score (nSPS) is 27.9. The highest BCUT2D eigenvalue weighted by Gasteiger charge is 2.44. The van der Waals surface area contributed by atoms with Gasteiger partial charge < -0.3 is 24.4 Å². The highest BCUT2D eigenvalue weighted by molar-refractivity contribution is 5.99. The molecule has 192 valence electrons. The number of alkyl halides is 3. The van der Waals surface area contributed by atoms with Gasteiger partial charge in [-0.2, -0.15) is 18.2 Å². The monoisotopic (exact) mass is 505 g/mol. The van der Waals surface area contributed by atoms with E-state index in [1.54, 1.807) is 17.0 Å². The van der Waals surface area contributed by atoms with Crippen molar-refractivity contribution in [3.8, 4) is 11.4 Å². The number of urea groups is 1. The third-order valence-electron chi connectivity index (χ3n) is 7.78. The Labute approximate surface area is 204 Å². The van der Waals surface area contributed by atoms with E-state index in [1.807, 2.05) is 4.90 Å². The van der Waals surface area contributed by atoms with Gasteiger partial charge in [0.25, 0.3) is 5.91 Å². The van der Waals surface area contributed by atoms with Crippen molar-refractivity contribution in [1.29, 1.82) is 0 Å². The lowest BCUT2D eigenvalue weighted by atomic mass is 9.89. The molecule has 4 aliphatic rings. The van der Waals surface area contributed by atoms with Crippen LogP contribution in [0.4, 0.5) is 18.0 Å². The molecular weight excluding hydrogens is 479 g/mol. The number of carbonyl (C=O) groups excluding carboxylic acids is 2. The molecule has 12 heteroatoms. The summed E-state index contributed by atoms with van der Waals surface area (Å²) in [4.78, 5) is 33.8. The van der Waals surface area contributed by atoms with Crippen molar-refractivity contribution in [3.05, 3.63) is 35.2 Å². The highest BCUT2D eigenvalue weighted by Crippen LogP contribution is 2.35. The number of carbonyl (C=O) groups is 2. The molecule has 6 rings (SSSR count). The zero-order valence-corrected chi connectivity index (χ0v) is 19.5. The molecule has 1 aliphatic carbocycles. The summed E-state index contributed by atoms with van der Waals surface area (Å²) in [7, 11) is 0. The van der Waals surface area contributed by atoms with Crippen LogP contribution in [0.15, 0.2) is 22.7 Å². The number of nitrogens with one attached hydrogen (secondary N) is 1. The summed E-state index contributed by atoms with van der Waals surface area (Å²) in [6, 6.07) is 4.61. The molecular formula is C24H26F3N5O4. The number of fused-ring (bicyclic) bond motifs is 3. The fourth-order valence-electron chi connectivity index (χ4n) is 6.03. The first-order chi connectivity index (χ1) is 17.3. The van der Waals surface area contributed by atoms with Gasteiger partial charge in [0.15, 0.2) is 0 Å². The third-order valence-corrected chi connectivity index (χ3v) is 7.78. The summed E-state index contributed by atoms with van der Waals surface area (Å²) >= 11 is 0. The molecule has 36 heavy (non-hydrogen) atoms. The van der Waals surface area contributed by atoms with E-state index in [9.17, 15) is 22.8 Å². The van der Waals surface area contributed by atoms with Crippen LogP contribution in [0.2, 0.25) is 0 Å². The Hall–Kier alpha value is -3.15. The lowest BCUT2D eigenvalue weighted by Crippen LogP contribution is -2.59. The fraction of sp³-hybridized carbons (Fsp3) is 0.583. The molecule has 4 heterocycles. The van der Waals surface area contributed by atoms with E-state index in [1.165, 1.54) is 6.07 Å². The van der Waals surface area contributed by atoms with Gasteiger partial charge >= 0.3 is 18.1 Å². The summed E-state index contributed by atoms with van der Waals surface area (Å²) in [5.74, 6) is -1.86. The van der Waals surface area contributed by atoms with Crippen LogP contribution in [0.1, 0.15) is 60.3 Å². The molecule has 2 unspecified atom stereocenters. The number of halogens is 3. The maximum atomic E-state index is 13.4. The van der Waals surface area contributed by atoms with E-state index < -0.39 is 12.1 Å². The molecule has 3 aliphatic heterocycles. The van der Waals surface area contributed by atoms with E-state index in [0.717, 1.165) is 44.1 Å². The maximum absolute atomic E-state index is 13.4. The van der Waals surface area contributed by atoms with Crippen LogP contribution in [0.25, 0.3) is 11.4 Å². The minimum Gasteiger partial charge on any atom is -0.377 e. The smallest absolute Gasteiger partial charge is 0.377 e. The van der Waals surface area contributed by atoms with Gasteiger partial charge in [-0.25, -0.2) is 4.79 Å². The van der Waals surface area contributed by atoms with Gasteiger partial charge in [0.2, 0.25) is 5.82 Å². The molecule has 2 bridgehead atoms. The first-order valence-electron chi connectivity index (χ1n) is 12.3. The topological polar surface area (TPSA) is 101 Å². The number of nitrogens with zero attached hydrogens (tertiary/aromatic N) is 4. The van der Waals surface area contributed by atoms with Crippen molar-refractivity contribution in [1.82, 2.24) is 25.3 Å². The number of rotatable bonds is 3. The van der Waals surface area contributed by atoms with Crippen LogP contribution in [0.5, 0.6) is 0 Å². The Kier molecular flexibility index (Phi) is 5.66. The van der Waals surface area contributed by atoms with Crippen molar-refractivity contribution in [3.63, 3.8) is 0 Å². The number of hydrogen-bond donors (Lipinski definition) is 1. The van der Waals surface area contributed by atoms with Crippen molar-refractivity contribution in [2.24, 2.45) is 0 Å². The van der Waals surface area contributed by atoms with E-state index in [0.29, 0.717) is 25.3 Å². The second kappa shape index (κ2) is 8.75. The van der Waals surface area contributed by atoms with Crippen LogP contribution in [-0.4, -0.2) is 69.3 Å². The number of hydrogen-bond acceptors (Lipinski definition) is 6. The summed E-state index contributed by atoms with van der Waals surface area (Å²) < 4.78 is 48.5. The Morgan fingerprint density at radius 1 is 1.08 bits per heavy atom. The fourth-order valence-corrected chi connectivity index (χ4v) is 6.03. The molecule has 3 amide bonds. The first-order valence-corrected chi connectivity index (χ1v) is 12.3. The number of ether oxygens (including phenoxy) is 1. The quantitative estimate of drug-likeness (QED) is 0.684. The molecule has 0 spiro atoms. The second-order valence-corrected chi connectivity index (χ2v) is 9.96. The summed E-state index contributed by atoms with van der Waals surface area (Å²) in [5, 5.41) is 6.64. The zero-order valence-electron chi connectivity index (χ0n) is 19.5. The SMILES string of the molecule is O=C(N[C@@H]1CCCC[C@H]1N1Cc2ccc(-c3noc(C(F)(F)F)n3)cc2C1=O)N1C2CCC1COC2. The summed E-state index contributed by atoms with van der Waals surface area (Å²) in [6.45, 7) is 1.50. The second-order valence-electron chi connectivity index (χ2n) is 9.96. The minimum atomic E-state index is -4.74. The largest absolute Gasteiger partial charge is 0.471 e. The molecule has 9 nitrogen and oxygen atoms in total. The van der Waals surface area contributed by atoms with Crippen LogP contribution < -0.4 is 5.32 Å². The minimum absolute atomic E-state index is 0.0910. The lowest BCUT2D eigenvalue weighted by molar-refractivity contribution is -0.159. The van der Waals surface area contributed by atoms with Crippen molar-refractivity contribution in [2.75, 3.05) is 13.2 Å². The van der Waals surface area contributed by atoms with Gasteiger partial charge in [-0.1, -0.05) is 30.1 Å². The van der Waals surface area contributed by atoms with E-state index in [-0.39, 0.29) is 47.5 Å². The Balaban J connectivity index is 1.19. The Morgan fingerprint density at radius 2 is 1.83 bits per heavy atom. The molecule has 2 aromatic rings. The molecule has 1 N–H and O–H groups in total. The molecule has 0 radical (unpaired) electrons. The first kappa shape index (κ1) is 23.3. The average Bonchev–Trinajstić information content (AvgIpc) is 3.54. The zero-order chi connectivity index (χ0) is 25.0. The van der Waals surface area contributed by atoms with Gasteiger partial charge in [-0.3, -0.25) is 4.79 Å². The maximum Gasteiger partial charge on any atom is 0.471 e. The Bertz CT molecular complexity index is 1170. The number of aromatic nitrogens is 2. The highest BCUT2D eigenvalue weighted by atomic mass is 19.4. The van der Waals surface area contributed by atoms with Crippen molar-refractivity contribution >= 4 is 11.9 Å². The van der Waals surface area contributed by atoms with E-state index in [2.05, 4.69) is 20.0 Å². The van der Waals surface area contributed by atoms with Crippen LogP contribution in [-0.2, 0) is 17.5 Å². The summed E-state index contributed by atoms with van der Waals surface area (Å²) in [5.41, 5.74) is 1.47. The van der Waals surface area contributed by atoms with Gasteiger partial charge in [0.1, 0.15) is 0 Å². The molecule has 1 saturated carbocycles. The average molecular weight is 505 g/mol. The van der Waals surface area contributed by atoms with Gasteiger partial charge in [0.05, 0.1) is 37.4 Å².